The molecule has 1 unspecified atom stereocenters. The highest BCUT2D eigenvalue weighted by Crippen LogP contribution is 2.24. The molecule has 0 saturated heterocycles. The van der Waals surface area contributed by atoms with Crippen molar-refractivity contribution in [1.29, 1.82) is 0 Å². The van der Waals surface area contributed by atoms with Crippen LogP contribution in [0.2, 0.25) is 5.02 Å². The Morgan fingerprint density at radius 1 is 1.56 bits per heavy atom. The maximum Gasteiger partial charge on any atom is 0.149 e. The number of halogens is 1. The Kier molecular flexibility index (Phi) is 3.01. The second kappa shape index (κ2) is 4.45. The van der Waals surface area contributed by atoms with Gasteiger partial charge in [-0.3, -0.25) is 0 Å². The predicted molar refractivity (Wildman–Crippen MR) is 64.4 cm³/mol. The topological polar surface area (TPSA) is 64.1 Å². The van der Waals surface area contributed by atoms with Gasteiger partial charge in [0.05, 0.1) is 23.0 Å². The van der Waals surface area contributed by atoms with E-state index in [9.17, 15) is 0 Å². The Labute approximate surface area is 98.4 Å². The Morgan fingerprint density at radius 3 is 3.00 bits per heavy atom. The summed E-state index contributed by atoms with van der Waals surface area (Å²) >= 11 is 5.76. The fraction of sp³-hybridized carbons (Fsp3) is 0.182. The van der Waals surface area contributed by atoms with Gasteiger partial charge in [0.2, 0.25) is 0 Å². The molecule has 1 atom stereocenters. The van der Waals surface area contributed by atoms with Gasteiger partial charge in [0, 0.05) is 6.20 Å². The van der Waals surface area contributed by atoms with Crippen molar-refractivity contribution in [3.63, 3.8) is 0 Å². The monoisotopic (exact) mass is 237 g/mol. The molecule has 0 fully saturated rings. The zero-order valence-corrected chi connectivity index (χ0v) is 9.53. The number of nitrogens with zero attached hydrogens (tertiary/aromatic N) is 1. The summed E-state index contributed by atoms with van der Waals surface area (Å²) in [6.45, 7) is 1.97. The van der Waals surface area contributed by atoms with Crippen LogP contribution in [-0.2, 0) is 0 Å². The standard InChI is InChI=1S/C11H12ClN3O/c1-7(10-3-2-4-16-10)15-11-9(13)5-8(12)6-14-11/h2-7H,13H2,1H3,(H,14,15). The van der Waals surface area contributed by atoms with Crippen LogP contribution >= 0.6 is 11.6 Å². The summed E-state index contributed by atoms with van der Waals surface area (Å²) < 4.78 is 5.27. The maximum atomic E-state index is 5.78. The summed E-state index contributed by atoms with van der Waals surface area (Å²) in [6.07, 6.45) is 3.18. The molecular weight excluding hydrogens is 226 g/mol. The van der Waals surface area contributed by atoms with Gasteiger partial charge in [-0.25, -0.2) is 4.98 Å². The lowest BCUT2D eigenvalue weighted by Gasteiger charge is -2.13. The lowest BCUT2D eigenvalue weighted by Crippen LogP contribution is -2.09. The summed E-state index contributed by atoms with van der Waals surface area (Å²) in [7, 11) is 0. The minimum Gasteiger partial charge on any atom is -0.467 e. The highest BCUT2D eigenvalue weighted by atomic mass is 35.5. The fourth-order valence-corrected chi connectivity index (χ4v) is 1.56. The molecular formula is C11H12ClN3O. The third-order valence-electron chi connectivity index (χ3n) is 2.21. The minimum absolute atomic E-state index is 0.00553. The number of nitrogens with two attached hydrogens (primary N) is 1. The molecule has 16 heavy (non-hydrogen) atoms. The Balaban J connectivity index is 2.15. The molecule has 0 aliphatic carbocycles. The average Bonchev–Trinajstić information content (AvgIpc) is 2.75. The highest BCUT2D eigenvalue weighted by molar-refractivity contribution is 6.30. The van der Waals surface area contributed by atoms with Gasteiger partial charge in [-0.05, 0) is 25.1 Å². The summed E-state index contributed by atoms with van der Waals surface area (Å²) in [5.41, 5.74) is 6.30. The summed E-state index contributed by atoms with van der Waals surface area (Å²) in [6, 6.07) is 5.40. The summed E-state index contributed by atoms with van der Waals surface area (Å²) in [5.74, 6) is 1.43. The number of pyridine rings is 1. The number of rotatable bonds is 3. The molecule has 2 heterocycles. The van der Waals surface area contributed by atoms with E-state index in [4.69, 9.17) is 21.8 Å². The van der Waals surface area contributed by atoms with Crippen LogP contribution in [0.25, 0.3) is 0 Å². The zero-order valence-electron chi connectivity index (χ0n) is 8.77. The van der Waals surface area contributed by atoms with E-state index >= 15 is 0 Å². The first-order chi connectivity index (χ1) is 7.66. The fourth-order valence-electron chi connectivity index (χ4n) is 1.39. The number of furan rings is 1. The van der Waals surface area contributed by atoms with Crippen molar-refractivity contribution in [2.24, 2.45) is 0 Å². The Bertz CT molecular complexity index is 470. The molecule has 0 bridgehead atoms. The molecule has 0 amide bonds. The quantitative estimate of drug-likeness (QED) is 0.861. The van der Waals surface area contributed by atoms with E-state index in [1.807, 2.05) is 19.1 Å². The maximum absolute atomic E-state index is 5.78. The highest BCUT2D eigenvalue weighted by Gasteiger charge is 2.10. The molecule has 0 saturated carbocycles. The van der Waals surface area contributed by atoms with E-state index in [0.29, 0.717) is 16.5 Å². The van der Waals surface area contributed by atoms with Crippen molar-refractivity contribution in [3.8, 4) is 0 Å². The molecule has 3 N–H and O–H groups in total. The predicted octanol–water partition coefficient (Wildman–Crippen LogP) is 3.08. The molecule has 5 heteroatoms. The van der Waals surface area contributed by atoms with Gasteiger partial charge in [0.25, 0.3) is 0 Å². The third-order valence-corrected chi connectivity index (χ3v) is 2.41. The van der Waals surface area contributed by atoms with Crippen molar-refractivity contribution >= 4 is 23.1 Å². The number of aromatic nitrogens is 1. The molecule has 4 nitrogen and oxygen atoms in total. The number of nitrogens with one attached hydrogen (secondary N) is 1. The van der Waals surface area contributed by atoms with Crippen LogP contribution in [0.3, 0.4) is 0 Å². The summed E-state index contributed by atoms with van der Waals surface area (Å²) in [4.78, 5) is 4.12. The Hall–Kier alpha value is -1.68. The van der Waals surface area contributed by atoms with E-state index in [-0.39, 0.29) is 6.04 Å². The zero-order chi connectivity index (χ0) is 11.5. The van der Waals surface area contributed by atoms with Crippen molar-refractivity contribution in [2.45, 2.75) is 13.0 Å². The smallest absolute Gasteiger partial charge is 0.149 e. The molecule has 84 valence electrons. The van der Waals surface area contributed by atoms with Crippen molar-refractivity contribution < 1.29 is 4.42 Å². The third kappa shape index (κ3) is 2.28. The van der Waals surface area contributed by atoms with Gasteiger partial charge >= 0.3 is 0 Å². The second-order valence-electron chi connectivity index (χ2n) is 3.47. The first-order valence-electron chi connectivity index (χ1n) is 4.88. The SMILES string of the molecule is CC(Nc1ncc(Cl)cc1N)c1ccco1. The van der Waals surface area contributed by atoms with E-state index in [1.165, 1.54) is 0 Å². The summed E-state index contributed by atoms with van der Waals surface area (Å²) in [5, 5.41) is 3.67. The van der Waals surface area contributed by atoms with Gasteiger partial charge in [0.1, 0.15) is 11.6 Å². The number of anilines is 2. The van der Waals surface area contributed by atoms with Crippen LogP contribution in [-0.4, -0.2) is 4.98 Å². The van der Waals surface area contributed by atoms with Gasteiger partial charge in [-0.1, -0.05) is 11.6 Å². The van der Waals surface area contributed by atoms with E-state index in [1.54, 1.807) is 18.5 Å². The van der Waals surface area contributed by atoms with Gasteiger partial charge < -0.3 is 15.5 Å². The first kappa shape index (κ1) is 10.8. The van der Waals surface area contributed by atoms with E-state index < -0.39 is 0 Å². The normalized spacial score (nSPS) is 12.4. The molecule has 2 rings (SSSR count). The van der Waals surface area contributed by atoms with Crippen molar-refractivity contribution in [3.05, 3.63) is 41.4 Å². The van der Waals surface area contributed by atoms with E-state index in [2.05, 4.69) is 10.3 Å². The van der Waals surface area contributed by atoms with Gasteiger partial charge in [0.15, 0.2) is 0 Å². The molecule has 0 aliphatic heterocycles. The molecule has 2 aromatic rings. The molecule has 2 aromatic heterocycles. The van der Waals surface area contributed by atoms with Crippen LogP contribution in [0.5, 0.6) is 0 Å². The van der Waals surface area contributed by atoms with Crippen LogP contribution in [0.15, 0.2) is 35.1 Å². The van der Waals surface area contributed by atoms with Gasteiger partial charge in [-0.2, -0.15) is 0 Å². The van der Waals surface area contributed by atoms with Crippen LogP contribution in [0.1, 0.15) is 18.7 Å². The molecule has 0 aliphatic rings. The lowest BCUT2D eigenvalue weighted by atomic mass is 10.2. The average molecular weight is 238 g/mol. The number of nitrogen functional groups attached to an aromatic ring is 1. The first-order valence-corrected chi connectivity index (χ1v) is 5.25. The van der Waals surface area contributed by atoms with Crippen molar-refractivity contribution in [2.75, 3.05) is 11.1 Å². The number of hydrogen-bond donors (Lipinski definition) is 2. The molecule has 0 spiro atoms. The van der Waals surface area contributed by atoms with E-state index in [0.717, 1.165) is 5.76 Å². The van der Waals surface area contributed by atoms with Crippen LogP contribution < -0.4 is 11.1 Å². The lowest BCUT2D eigenvalue weighted by molar-refractivity contribution is 0.490. The molecule has 0 radical (unpaired) electrons. The van der Waals surface area contributed by atoms with Crippen molar-refractivity contribution in [1.82, 2.24) is 4.98 Å². The largest absolute Gasteiger partial charge is 0.467 e. The van der Waals surface area contributed by atoms with Crippen LogP contribution in [0, 0.1) is 0 Å². The minimum atomic E-state index is 0.00553. The Morgan fingerprint density at radius 2 is 2.38 bits per heavy atom. The van der Waals surface area contributed by atoms with Crippen LogP contribution in [0.4, 0.5) is 11.5 Å². The second-order valence-corrected chi connectivity index (χ2v) is 3.91. The van der Waals surface area contributed by atoms with Gasteiger partial charge in [-0.15, -0.1) is 0 Å². The number of hydrogen-bond acceptors (Lipinski definition) is 4. The molecule has 0 aromatic carbocycles.